The van der Waals surface area contributed by atoms with Crippen molar-refractivity contribution in [3.8, 4) is 0 Å². The van der Waals surface area contributed by atoms with Crippen LogP contribution in [-0.2, 0) is 22.0 Å². The van der Waals surface area contributed by atoms with Gasteiger partial charge in [0.05, 0.1) is 4.90 Å². The third kappa shape index (κ3) is 2.84. The van der Waals surface area contributed by atoms with Gasteiger partial charge in [-0.3, -0.25) is 4.57 Å². The van der Waals surface area contributed by atoms with E-state index in [-0.39, 0.29) is 16.3 Å². The number of sulfonamides is 1. The Balaban J connectivity index is 1.48. The Morgan fingerprint density at radius 2 is 1.64 bits per heavy atom. The minimum Gasteiger partial charge on any atom is -0.296 e. The predicted molar refractivity (Wildman–Crippen MR) is 103 cm³/mol. The maximum absolute atomic E-state index is 13.1. The van der Waals surface area contributed by atoms with Crippen LogP contribution in [0.4, 0.5) is 10.3 Å². The number of halogens is 1. The van der Waals surface area contributed by atoms with Crippen molar-refractivity contribution in [2.24, 2.45) is 17.8 Å². The smallest absolute Gasteiger partial charge is 0.264 e. The van der Waals surface area contributed by atoms with Crippen molar-refractivity contribution in [3.05, 3.63) is 35.9 Å². The monoisotopic (exact) mass is 404 g/mol. The average molecular weight is 405 g/mol. The van der Waals surface area contributed by atoms with Gasteiger partial charge in [-0.1, -0.05) is 0 Å². The molecule has 2 aromatic rings. The molecule has 1 N–H and O–H groups in total. The molecule has 6 rings (SSSR count). The Morgan fingerprint density at radius 3 is 2.18 bits per heavy atom. The average Bonchev–Trinajstić information content (AvgIpc) is 3.03. The third-order valence-corrected chi connectivity index (χ3v) is 8.27. The van der Waals surface area contributed by atoms with Crippen molar-refractivity contribution in [1.82, 2.24) is 14.8 Å². The lowest BCUT2D eigenvalue weighted by molar-refractivity contribution is -0.0110. The topological polar surface area (TPSA) is 76.9 Å². The molecule has 150 valence electrons. The lowest BCUT2D eigenvalue weighted by Crippen LogP contribution is -2.49. The fourth-order valence-electron chi connectivity index (χ4n) is 6.25. The van der Waals surface area contributed by atoms with Crippen LogP contribution in [0.2, 0.25) is 0 Å². The second-order valence-corrected chi connectivity index (χ2v) is 10.5. The van der Waals surface area contributed by atoms with Crippen LogP contribution in [0.1, 0.15) is 51.3 Å². The first kappa shape index (κ1) is 18.1. The SMILES string of the molecule is CCn1c(NS(=O)(=O)c2ccc(F)cc2)nnc1C12CC3CC(CC(C3)C1)C2. The van der Waals surface area contributed by atoms with Crippen LogP contribution in [0.15, 0.2) is 29.2 Å². The van der Waals surface area contributed by atoms with Crippen LogP contribution in [0.3, 0.4) is 0 Å². The van der Waals surface area contributed by atoms with E-state index in [4.69, 9.17) is 0 Å². The van der Waals surface area contributed by atoms with Crippen LogP contribution < -0.4 is 4.72 Å². The minimum absolute atomic E-state index is 0.0101. The lowest BCUT2D eigenvalue weighted by atomic mass is 9.49. The normalized spacial score (nSPS) is 31.3. The summed E-state index contributed by atoms with van der Waals surface area (Å²) < 4.78 is 43.1. The number of anilines is 1. The Morgan fingerprint density at radius 1 is 1.07 bits per heavy atom. The zero-order valence-corrected chi connectivity index (χ0v) is 16.8. The van der Waals surface area contributed by atoms with E-state index in [0.29, 0.717) is 6.54 Å². The maximum atomic E-state index is 13.1. The highest BCUT2D eigenvalue weighted by molar-refractivity contribution is 7.92. The van der Waals surface area contributed by atoms with E-state index in [9.17, 15) is 12.8 Å². The maximum Gasteiger partial charge on any atom is 0.264 e. The van der Waals surface area contributed by atoms with Gasteiger partial charge in [-0.15, -0.1) is 10.2 Å². The summed E-state index contributed by atoms with van der Waals surface area (Å²) in [6, 6.07) is 4.79. The number of rotatable bonds is 5. The van der Waals surface area contributed by atoms with Crippen molar-refractivity contribution in [2.45, 2.75) is 62.3 Å². The summed E-state index contributed by atoms with van der Waals surface area (Å²) >= 11 is 0. The van der Waals surface area contributed by atoms with Gasteiger partial charge in [-0.25, -0.2) is 17.5 Å². The van der Waals surface area contributed by atoms with E-state index in [1.54, 1.807) is 0 Å². The molecule has 4 fully saturated rings. The molecule has 6 nitrogen and oxygen atoms in total. The first-order chi connectivity index (χ1) is 13.4. The molecular formula is C20H25FN4O2S. The Bertz CT molecular complexity index is 964. The summed E-state index contributed by atoms with van der Waals surface area (Å²) in [4.78, 5) is 0.0101. The molecule has 8 heteroatoms. The van der Waals surface area contributed by atoms with Crippen molar-refractivity contribution in [1.29, 1.82) is 0 Å². The summed E-state index contributed by atoms with van der Waals surface area (Å²) in [7, 11) is -3.85. The molecule has 4 aliphatic carbocycles. The quantitative estimate of drug-likeness (QED) is 0.824. The summed E-state index contributed by atoms with van der Waals surface area (Å²) in [5.41, 5.74) is 0.0390. The molecule has 1 aromatic carbocycles. The predicted octanol–water partition coefficient (Wildman–Crippen LogP) is 3.71. The first-order valence-corrected chi connectivity index (χ1v) is 11.6. The van der Waals surface area contributed by atoms with Gasteiger partial charge >= 0.3 is 0 Å². The van der Waals surface area contributed by atoms with Gasteiger partial charge in [0.2, 0.25) is 5.95 Å². The number of aromatic nitrogens is 3. The van der Waals surface area contributed by atoms with E-state index in [1.165, 1.54) is 31.4 Å². The second-order valence-electron chi connectivity index (χ2n) is 8.85. The zero-order chi connectivity index (χ0) is 19.5. The molecular weight excluding hydrogens is 379 g/mol. The first-order valence-electron chi connectivity index (χ1n) is 10.1. The van der Waals surface area contributed by atoms with E-state index in [2.05, 4.69) is 14.9 Å². The van der Waals surface area contributed by atoms with Crippen molar-refractivity contribution in [2.75, 3.05) is 4.72 Å². The molecule has 0 spiro atoms. The molecule has 0 radical (unpaired) electrons. The summed E-state index contributed by atoms with van der Waals surface area (Å²) in [6.07, 6.45) is 7.43. The van der Waals surface area contributed by atoms with E-state index in [0.717, 1.165) is 55.0 Å². The fourth-order valence-corrected chi connectivity index (χ4v) is 7.25. The fraction of sp³-hybridized carbons (Fsp3) is 0.600. The summed E-state index contributed by atoms with van der Waals surface area (Å²) in [6.45, 7) is 2.59. The highest BCUT2D eigenvalue weighted by Crippen LogP contribution is 2.60. The van der Waals surface area contributed by atoms with Crippen LogP contribution in [0.5, 0.6) is 0 Å². The van der Waals surface area contributed by atoms with Gasteiger partial charge in [0, 0.05) is 12.0 Å². The van der Waals surface area contributed by atoms with Gasteiger partial charge in [0.1, 0.15) is 11.6 Å². The number of nitrogens with one attached hydrogen (secondary N) is 1. The van der Waals surface area contributed by atoms with Gasteiger partial charge in [0.15, 0.2) is 0 Å². The molecule has 0 aliphatic heterocycles. The van der Waals surface area contributed by atoms with Crippen molar-refractivity contribution < 1.29 is 12.8 Å². The van der Waals surface area contributed by atoms with Crippen molar-refractivity contribution >= 4 is 16.0 Å². The second kappa shape index (κ2) is 6.27. The Labute approximate surface area is 164 Å². The largest absolute Gasteiger partial charge is 0.296 e. The number of benzene rings is 1. The molecule has 0 unspecified atom stereocenters. The van der Waals surface area contributed by atoms with Crippen LogP contribution in [0, 0.1) is 23.6 Å². The number of hydrogen-bond acceptors (Lipinski definition) is 4. The summed E-state index contributed by atoms with van der Waals surface area (Å²) in [5.74, 6) is 3.02. The molecule has 0 atom stereocenters. The van der Waals surface area contributed by atoms with Crippen LogP contribution >= 0.6 is 0 Å². The highest BCUT2D eigenvalue weighted by atomic mass is 32.2. The van der Waals surface area contributed by atoms with Gasteiger partial charge in [-0.05, 0) is 87.5 Å². The van der Waals surface area contributed by atoms with Crippen molar-refractivity contribution in [3.63, 3.8) is 0 Å². The molecule has 1 heterocycles. The Kier molecular flexibility index (Phi) is 4.05. The highest BCUT2D eigenvalue weighted by Gasteiger charge is 2.54. The van der Waals surface area contributed by atoms with E-state index >= 15 is 0 Å². The molecule has 4 aliphatic rings. The molecule has 0 saturated heterocycles. The molecule has 1 aromatic heterocycles. The van der Waals surface area contributed by atoms with Gasteiger partial charge in [0.25, 0.3) is 10.0 Å². The van der Waals surface area contributed by atoms with Gasteiger partial charge < -0.3 is 0 Å². The lowest BCUT2D eigenvalue weighted by Gasteiger charge is -2.56. The number of hydrogen-bond donors (Lipinski definition) is 1. The van der Waals surface area contributed by atoms with E-state index < -0.39 is 15.8 Å². The Hall–Kier alpha value is -1.96. The molecule has 28 heavy (non-hydrogen) atoms. The van der Waals surface area contributed by atoms with Gasteiger partial charge in [-0.2, -0.15) is 0 Å². The van der Waals surface area contributed by atoms with E-state index in [1.807, 2.05) is 11.5 Å². The number of nitrogens with zero attached hydrogens (tertiary/aromatic N) is 3. The van der Waals surface area contributed by atoms with Crippen LogP contribution in [0.25, 0.3) is 0 Å². The minimum atomic E-state index is -3.85. The molecule has 0 amide bonds. The van der Waals surface area contributed by atoms with Crippen LogP contribution in [-0.4, -0.2) is 23.2 Å². The summed E-state index contributed by atoms with van der Waals surface area (Å²) in [5, 5.41) is 8.72. The standard InChI is InChI=1S/C20H25FN4O2S/c1-2-25-18(20-10-13-7-14(11-20)9-15(8-13)12-20)22-23-19(25)24-28(26,27)17-5-3-16(21)4-6-17/h3-6,13-15H,2,7-12H2,1H3,(H,23,24). The molecule has 4 bridgehead atoms. The zero-order valence-electron chi connectivity index (χ0n) is 15.9. The molecule has 4 saturated carbocycles. The third-order valence-electron chi connectivity index (χ3n) is 6.93.